The van der Waals surface area contributed by atoms with E-state index in [0.717, 1.165) is 0 Å². The fourth-order valence-corrected chi connectivity index (χ4v) is 1.74. The summed E-state index contributed by atoms with van der Waals surface area (Å²) in [6.07, 6.45) is 0. The molecule has 0 aliphatic rings. The van der Waals surface area contributed by atoms with E-state index >= 15 is 0 Å². The van der Waals surface area contributed by atoms with Gasteiger partial charge in [-0.15, -0.1) is 0 Å². The predicted molar refractivity (Wildman–Crippen MR) is 69.3 cm³/mol. The molecule has 0 saturated carbocycles. The summed E-state index contributed by atoms with van der Waals surface area (Å²) in [6.45, 7) is 5.06. The van der Waals surface area contributed by atoms with Gasteiger partial charge in [0.2, 0.25) is 0 Å². The summed E-state index contributed by atoms with van der Waals surface area (Å²) in [6, 6.07) is 6.52. The molecular weight excluding hydrogens is 232 g/mol. The SMILES string of the molecule is CCN(C(=O)c1cccc(N)c1)C(C)(C)C(=O)O. The van der Waals surface area contributed by atoms with Gasteiger partial charge in [0.25, 0.3) is 5.91 Å². The molecule has 0 atom stereocenters. The van der Waals surface area contributed by atoms with Gasteiger partial charge in [0.15, 0.2) is 0 Å². The third kappa shape index (κ3) is 2.61. The van der Waals surface area contributed by atoms with Crippen molar-refractivity contribution >= 4 is 17.6 Å². The van der Waals surface area contributed by atoms with Gasteiger partial charge in [-0.25, -0.2) is 4.79 Å². The zero-order chi connectivity index (χ0) is 13.9. The van der Waals surface area contributed by atoms with Gasteiger partial charge in [-0.05, 0) is 39.0 Å². The van der Waals surface area contributed by atoms with Crippen LogP contribution in [0.3, 0.4) is 0 Å². The summed E-state index contributed by atoms with van der Waals surface area (Å²) in [7, 11) is 0. The van der Waals surface area contributed by atoms with Crippen LogP contribution in [0.25, 0.3) is 0 Å². The average Bonchev–Trinajstić information content (AvgIpc) is 2.29. The van der Waals surface area contributed by atoms with Crippen molar-refractivity contribution in [2.24, 2.45) is 0 Å². The number of likely N-dealkylation sites (N-methyl/N-ethyl adjacent to an activating group) is 1. The van der Waals surface area contributed by atoms with E-state index in [4.69, 9.17) is 5.73 Å². The third-order valence-electron chi connectivity index (χ3n) is 2.89. The van der Waals surface area contributed by atoms with Gasteiger partial charge in [0, 0.05) is 17.8 Å². The summed E-state index contributed by atoms with van der Waals surface area (Å²) in [5, 5.41) is 9.17. The first kappa shape index (κ1) is 14.0. The van der Waals surface area contributed by atoms with E-state index in [1.54, 1.807) is 31.2 Å². The standard InChI is InChI=1S/C13H18N2O3/c1-4-15(13(2,3)12(17)18)11(16)9-6-5-7-10(14)8-9/h5-8H,4,14H2,1-3H3,(H,17,18). The number of carboxylic acids is 1. The number of carbonyl (C=O) groups is 2. The third-order valence-corrected chi connectivity index (χ3v) is 2.89. The Kier molecular flexibility index (Phi) is 3.96. The molecule has 3 N–H and O–H groups in total. The Morgan fingerprint density at radius 3 is 2.44 bits per heavy atom. The van der Waals surface area contributed by atoms with Crippen LogP contribution in [-0.4, -0.2) is 34.0 Å². The molecule has 0 radical (unpaired) electrons. The minimum atomic E-state index is -1.25. The summed E-state index contributed by atoms with van der Waals surface area (Å²) in [4.78, 5) is 24.8. The molecule has 18 heavy (non-hydrogen) atoms. The summed E-state index contributed by atoms with van der Waals surface area (Å²) < 4.78 is 0. The number of anilines is 1. The van der Waals surface area contributed by atoms with Gasteiger partial charge in [0.1, 0.15) is 5.54 Å². The molecule has 5 nitrogen and oxygen atoms in total. The lowest BCUT2D eigenvalue weighted by Crippen LogP contribution is -2.52. The van der Waals surface area contributed by atoms with Crippen molar-refractivity contribution in [3.8, 4) is 0 Å². The zero-order valence-electron chi connectivity index (χ0n) is 10.8. The normalized spacial score (nSPS) is 11.1. The molecule has 0 heterocycles. The molecule has 0 spiro atoms. The van der Waals surface area contributed by atoms with Crippen molar-refractivity contribution in [3.63, 3.8) is 0 Å². The second kappa shape index (κ2) is 5.08. The number of amides is 1. The van der Waals surface area contributed by atoms with Crippen LogP contribution in [0.1, 0.15) is 31.1 Å². The molecule has 1 rings (SSSR count). The van der Waals surface area contributed by atoms with Crippen molar-refractivity contribution in [2.75, 3.05) is 12.3 Å². The number of carbonyl (C=O) groups excluding carboxylic acids is 1. The van der Waals surface area contributed by atoms with E-state index in [1.807, 2.05) is 0 Å². The van der Waals surface area contributed by atoms with Crippen molar-refractivity contribution < 1.29 is 14.7 Å². The first-order chi connectivity index (χ1) is 8.30. The number of rotatable bonds is 4. The quantitative estimate of drug-likeness (QED) is 0.795. The lowest BCUT2D eigenvalue weighted by Gasteiger charge is -2.34. The smallest absolute Gasteiger partial charge is 0.329 e. The van der Waals surface area contributed by atoms with Gasteiger partial charge in [-0.2, -0.15) is 0 Å². The van der Waals surface area contributed by atoms with E-state index in [1.165, 1.54) is 18.7 Å². The maximum Gasteiger partial charge on any atom is 0.329 e. The van der Waals surface area contributed by atoms with Gasteiger partial charge in [0.05, 0.1) is 0 Å². The van der Waals surface area contributed by atoms with Crippen molar-refractivity contribution in [1.29, 1.82) is 0 Å². The molecule has 0 saturated heterocycles. The highest BCUT2D eigenvalue weighted by atomic mass is 16.4. The minimum absolute atomic E-state index is 0.312. The fraction of sp³-hybridized carbons (Fsp3) is 0.385. The van der Waals surface area contributed by atoms with Crippen LogP contribution < -0.4 is 5.73 Å². The lowest BCUT2D eigenvalue weighted by molar-refractivity contribution is -0.147. The molecular formula is C13H18N2O3. The van der Waals surface area contributed by atoms with Crippen molar-refractivity contribution in [1.82, 2.24) is 4.90 Å². The van der Waals surface area contributed by atoms with Crippen LogP contribution in [0.2, 0.25) is 0 Å². The highest BCUT2D eigenvalue weighted by Gasteiger charge is 2.37. The second-order valence-corrected chi connectivity index (χ2v) is 4.54. The van der Waals surface area contributed by atoms with E-state index in [9.17, 15) is 14.7 Å². The molecule has 0 unspecified atom stereocenters. The Morgan fingerprint density at radius 1 is 1.39 bits per heavy atom. The molecule has 1 aromatic carbocycles. The summed E-state index contributed by atoms with van der Waals surface area (Å²) >= 11 is 0. The monoisotopic (exact) mass is 250 g/mol. The van der Waals surface area contributed by atoms with Crippen LogP contribution in [0.5, 0.6) is 0 Å². The van der Waals surface area contributed by atoms with Gasteiger partial charge in [-0.1, -0.05) is 6.07 Å². The number of hydrogen-bond acceptors (Lipinski definition) is 3. The van der Waals surface area contributed by atoms with Gasteiger partial charge in [-0.3, -0.25) is 4.79 Å². The predicted octanol–water partition coefficient (Wildman–Crippen LogP) is 1.59. The molecule has 98 valence electrons. The van der Waals surface area contributed by atoms with Crippen LogP contribution in [-0.2, 0) is 4.79 Å². The topological polar surface area (TPSA) is 83.6 Å². The van der Waals surface area contributed by atoms with Crippen LogP contribution in [0, 0.1) is 0 Å². The first-order valence-electron chi connectivity index (χ1n) is 5.71. The second-order valence-electron chi connectivity index (χ2n) is 4.54. The van der Waals surface area contributed by atoms with E-state index in [0.29, 0.717) is 17.8 Å². The van der Waals surface area contributed by atoms with Crippen LogP contribution in [0.4, 0.5) is 5.69 Å². The summed E-state index contributed by atoms with van der Waals surface area (Å²) in [5.74, 6) is -1.38. The number of nitrogens with two attached hydrogens (primary N) is 1. The fourth-order valence-electron chi connectivity index (χ4n) is 1.74. The van der Waals surface area contributed by atoms with E-state index in [2.05, 4.69) is 0 Å². The highest BCUT2D eigenvalue weighted by Crippen LogP contribution is 2.19. The van der Waals surface area contributed by atoms with E-state index < -0.39 is 11.5 Å². The van der Waals surface area contributed by atoms with Crippen LogP contribution >= 0.6 is 0 Å². The molecule has 0 aliphatic carbocycles. The Balaban J connectivity index is 3.11. The van der Waals surface area contributed by atoms with E-state index in [-0.39, 0.29) is 5.91 Å². The number of aliphatic carboxylic acids is 1. The largest absolute Gasteiger partial charge is 0.480 e. The Hall–Kier alpha value is -2.04. The molecule has 1 aromatic rings. The highest BCUT2D eigenvalue weighted by molar-refractivity contribution is 5.98. The average molecular weight is 250 g/mol. The first-order valence-corrected chi connectivity index (χ1v) is 5.71. The lowest BCUT2D eigenvalue weighted by atomic mass is 10.0. The Morgan fingerprint density at radius 2 is 2.00 bits per heavy atom. The number of benzene rings is 1. The molecule has 0 aliphatic heterocycles. The van der Waals surface area contributed by atoms with Crippen LogP contribution in [0.15, 0.2) is 24.3 Å². The molecule has 0 fully saturated rings. The number of carboxylic acid groups (broad SMARTS) is 1. The molecule has 0 bridgehead atoms. The Bertz CT molecular complexity index is 469. The zero-order valence-corrected chi connectivity index (χ0v) is 10.8. The number of hydrogen-bond donors (Lipinski definition) is 2. The Labute approximate surface area is 106 Å². The summed E-state index contributed by atoms with van der Waals surface area (Å²) in [5.41, 5.74) is 5.24. The minimum Gasteiger partial charge on any atom is -0.480 e. The molecule has 5 heteroatoms. The van der Waals surface area contributed by atoms with Gasteiger partial charge < -0.3 is 15.7 Å². The number of nitrogens with zero attached hydrogens (tertiary/aromatic N) is 1. The van der Waals surface area contributed by atoms with Crippen molar-refractivity contribution in [2.45, 2.75) is 26.3 Å². The maximum atomic E-state index is 12.3. The molecule has 0 aromatic heterocycles. The number of nitrogen functional groups attached to an aromatic ring is 1. The maximum absolute atomic E-state index is 12.3. The van der Waals surface area contributed by atoms with Gasteiger partial charge >= 0.3 is 5.97 Å². The van der Waals surface area contributed by atoms with Crippen molar-refractivity contribution in [3.05, 3.63) is 29.8 Å². The molecule has 1 amide bonds.